The van der Waals surface area contributed by atoms with Gasteiger partial charge in [0, 0.05) is 26.2 Å². The number of unbranched alkanes of at least 4 members (excludes halogenated alkanes) is 1. The summed E-state index contributed by atoms with van der Waals surface area (Å²) >= 11 is 0. The Balaban J connectivity index is 3.82. The quantitative estimate of drug-likeness (QED) is 0.336. The van der Waals surface area contributed by atoms with Gasteiger partial charge in [-0.1, -0.05) is 33.6 Å². The summed E-state index contributed by atoms with van der Waals surface area (Å²) in [6.07, 6.45) is 3.73. The molecule has 0 rings (SSSR count). The molecule has 0 fully saturated rings. The topological polar surface area (TPSA) is 56.7 Å². The SMILES string of the molecule is CCNC(=NCC(C)CO)NCCCCC(C)C. The molecule has 0 aromatic rings. The number of nitrogens with zero attached hydrogens (tertiary/aromatic N) is 1. The van der Waals surface area contributed by atoms with Crippen molar-refractivity contribution in [2.24, 2.45) is 16.8 Å². The summed E-state index contributed by atoms with van der Waals surface area (Å²) in [5, 5.41) is 15.5. The second-order valence-electron chi connectivity index (χ2n) is 5.32. The third kappa shape index (κ3) is 10.4. The monoisotopic (exact) mass is 257 g/mol. The van der Waals surface area contributed by atoms with Crippen molar-refractivity contribution in [2.45, 2.75) is 47.0 Å². The van der Waals surface area contributed by atoms with Crippen molar-refractivity contribution >= 4 is 5.96 Å². The van der Waals surface area contributed by atoms with Crippen LogP contribution in [0.5, 0.6) is 0 Å². The molecule has 108 valence electrons. The van der Waals surface area contributed by atoms with Crippen LogP contribution >= 0.6 is 0 Å². The Hall–Kier alpha value is -0.770. The van der Waals surface area contributed by atoms with E-state index in [2.05, 4.69) is 36.4 Å². The van der Waals surface area contributed by atoms with Gasteiger partial charge in [-0.25, -0.2) is 0 Å². The highest BCUT2D eigenvalue weighted by Crippen LogP contribution is 2.04. The molecule has 18 heavy (non-hydrogen) atoms. The Morgan fingerprint density at radius 3 is 2.44 bits per heavy atom. The van der Waals surface area contributed by atoms with Crippen LogP contribution in [0.1, 0.15) is 47.0 Å². The number of aliphatic imine (C=N–C) groups is 1. The van der Waals surface area contributed by atoms with Crippen molar-refractivity contribution in [1.82, 2.24) is 10.6 Å². The fourth-order valence-corrected chi connectivity index (χ4v) is 1.53. The third-order valence-electron chi connectivity index (χ3n) is 2.72. The number of hydrogen-bond donors (Lipinski definition) is 3. The second-order valence-corrected chi connectivity index (χ2v) is 5.32. The zero-order valence-corrected chi connectivity index (χ0v) is 12.5. The average molecular weight is 257 g/mol. The maximum atomic E-state index is 8.97. The highest BCUT2D eigenvalue weighted by molar-refractivity contribution is 5.79. The predicted octanol–water partition coefficient (Wildman–Crippen LogP) is 2.00. The van der Waals surface area contributed by atoms with Gasteiger partial charge in [0.15, 0.2) is 5.96 Å². The molecule has 0 aliphatic carbocycles. The van der Waals surface area contributed by atoms with Crippen LogP contribution in [0.4, 0.5) is 0 Å². The molecule has 1 atom stereocenters. The van der Waals surface area contributed by atoms with Gasteiger partial charge < -0.3 is 15.7 Å². The smallest absolute Gasteiger partial charge is 0.191 e. The molecule has 0 saturated carbocycles. The van der Waals surface area contributed by atoms with Crippen LogP contribution in [0, 0.1) is 11.8 Å². The fraction of sp³-hybridized carbons (Fsp3) is 0.929. The molecule has 0 aliphatic rings. The molecule has 0 radical (unpaired) electrons. The van der Waals surface area contributed by atoms with E-state index >= 15 is 0 Å². The molecule has 0 aromatic heterocycles. The lowest BCUT2D eigenvalue weighted by molar-refractivity contribution is 0.241. The van der Waals surface area contributed by atoms with Crippen LogP contribution in [-0.2, 0) is 0 Å². The first-order valence-corrected chi connectivity index (χ1v) is 7.23. The average Bonchev–Trinajstić information content (AvgIpc) is 2.34. The normalized spacial score (nSPS) is 13.8. The molecular formula is C14H31N3O. The lowest BCUT2D eigenvalue weighted by Gasteiger charge is -2.12. The van der Waals surface area contributed by atoms with Gasteiger partial charge in [-0.2, -0.15) is 0 Å². The van der Waals surface area contributed by atoms with Crippen LogP contribution in [0.25, 0.3) is 0 Å². The van der Waals surface area contributed by atoms with Gasteiger partial charge in [0.05, 0.1) is 0 Å². The van der Waals surface area contributed by atoms with Crippen LogP contribution in [-0.4, -0.2) is 37.3 Å². The van der Waals surface area contributed by atoms with Gasteiger partial charge in [-0.15, -0.1) is 0 Å². The summed E-state index contributed by atoms with van der Waals surface area (Å²) in [6, 6.07) is 0. The van der Waals surface area contributed by atoms with Gasteiger partial charge in [0.25, 0.3) is 0 Å². The molecule has 1 unspecified atom stereocenters. The second kappa shape index (κ2) is 11.3. The summed E-state index contributed by atoms with van der Waals surface area (Å²) in [7, 11) is 0. The van der Waals surface area contributed by atoms with Crippen LogP contribution in [0.3, 0.4) is 0 Å². The first kappa shape index (κ1) is 17.2. The standard InChI is InChI=1S/C14H31N3O/c1-5-15-14(17-10-13(4)11-18)16-9-7-6-8-12(2)3/h12-13,18H,5-11H2,1-4H3,(H2,15,16,17). The van der Waals surface area contributed by atoms with Crippen LogP contribution in [0.2, 0.25) is 0 Å². The number of aliphatic hydroxyl groups excluding tert-OH is 1. The van der Waals surface area contributed by atoms with Crippen molar-refractivity contribution in [3.8, 4) is 0 Å². The summed E-state index contributed by atoms with van der Waals surface area (Å²) in [4.78, 5) is 4.45. The molecule has 0 heterocycles. The molecule has 0 amide bonds. The Kier molecular flexibility index (Phi) is 10.8. The first-order chi connectivity index (χ1) is 8.60. The van der Waals surface area contributed by atoms with Gasteiger partial charge in [-0.3, -0.25) is 4.99 Å². The molecule has 3 N–H and O–H groups in total. The third-order valence-corrected chi connectivity index (χ3v) is 2.72. The zero-order chi connectivity index (χ0) is 13.8. The molecule has 0 bridgehead atoms. The highest BCUT2D eigenvalue weighted by atomic mass is 16.3. The Labute approximate surface area is 112 Å². The fourth-order valence-electron chi connectivity index (χ4n) is 1.53. The minimum Gasteiger partial charge on any atom is -0.396 e. The maximum absolute atomic E-state index is 8.97. The summed E-state index contributed by atoms with van der Waals surface area (Å²) in [5.74, 6) is 1.88. The zero-order valence-electron chi connectivity index (χ0n) is 12.5. The van der Waals surface area contributed by atoms with E-state index < -0.39 is 0 Å². The van der Waals surface area contributed by atoms with Crippen molar-refractivity contribution in [3.63, 3.8) is 0 Å². The molecule has 0 aliphatic heterocycles. The van der Waals surface area contributed by atoms with E-state index in [0.717, 1.165) is 25.0 Å². The molecule has 0 spiro atoms. The van der Waals surface area contributed by atoms with E-state index in [9.17, 15) is 0 Å². The van der Waals surface area contributed by atoms with Gasteiger partial charge in [0.1, 0.15) is 0 Å². The Morgan fingerprint density at radius 2 is 1.89 bits per heavy atom. The van der Waals surface area contributed by atoms with Crippen LogP contribution in [0.15, 0.2) is 4.99 Å². The van der Waals surface area contributed by atoms with E-state index in [1.54, 1.807) is 0 Å². The van der Waals surface area contributed by atoms with E-state index in [-0.39, 0.29) is 12.5 Å². The number of rotatable bonds is 9. The van der Waals surface area contributed by atoms with Gasteiger partial charge in [0.2, 0.25) is 0 Å². The molecule has 4 heteroatoms. The number of nitrogens with one attached hydrogen (secondary N) is 2. The largest absolute Gasteiger partial charge is 0.396 e. The lowest BCUT2D eigenvalue weighted by Crippen LogP contribution is -2.38. The predicted molar refractivity (Wildman–Crippen MR) is 78.9 cm³/mol. The number of aliphatic hydroxyl groups is 1. The maximum Gasteiger partial charge on any atom is 0.191 e. The van der Waals surface area contributed by atoms with Crippen molar-refractivity contribution in [1.29, 1.82) is 0 Å². The summed E-state index contributed by atoms with van der Waals surface area (Å²) in [6.45, 7) is 11.3. The Morgan fingerprint density at radius 1 is 1.17 bits per heavy atom. The van der Waals surface area contributed by atoms with Gasteiger partial charge in [-0.05, 0) is 25.2 Å². The van der Waals surface area contributed by atoms with E-state index in [1.165, 1.54) is 19.3 Å². The van der Waals surface area contributed by atoms with Crippen LogP contribution < -0.4 is 10.6 Å². The van der Waals surface area contributed by atoms with E-state index in [4.69, 9.17) is 5.11 Å². The highest BCUT2D eigenvalue weighted by Gasteiger charge is 2.01. The molecule has 0 saturated heterocycles. The van der Waals surface area contributed by atoms with Gasteiger partial charge >= 0.3 is 0 Å². The molecular weight excluding hydrogens is 226 g/mol. The molecule has 4 nitrogen and oxygen atoms in total. The first-order valence-electron chi connectivity index (χ1n) is 7.23. The minimum atomic E-state index is 0.192. The van der Waals surface area contributed by atoms with E-state index in [1.807, 2.05) is 6.92 Å². The summed E-state index contributed by atoms with van der Waals surface area (Å²) < 4.78 is 0. The summed E-state index contributed by atoms with van der Waals surface area (Å²) in [5.41, 5.74) is 0. The van der Waals surface area contributed by atoms with Crippen molar-refractivity contribution in [2.75, 3.05) is 26.2 Å². The number of guanidine groups is 1. The number of hydrogen-bond acceptors (Lipinski definition) is 2. The Bertz CT molecular complexity index is 217. The van der Waals surface area contributed by atoms with Crippen molar-refractivity contribution in [3.05, 3.63) is 0 Å². The lowest BCUT2D eigenvalue weighted by atomic mass is 10.1. The van der Waals surface area contributed by atoms with Crippen molar-refractivity contribution < 1.29 is 5.11 Å². The van der Waals surface area contributed by atoms with E-state index in [0.29, 0.717) is 6.54 Å². The minimum absolute atomic E-state index is 0.192. The molecule has 0 aromatic carbocycles.